The number of amides is 1. The molecule has 1 heterocycles. The number of carbonyl (C=O) groups is 1. The lowest BCUT2D eigenvalue weighted by atomic mass is 9.99. The minimum absolute atomic E-state index is 0.102. The van der Waals surface area contributed by atoms with E-state index in [1.54, 1.807) is 12.1 Å². The molecule has 19 heavy (non-hydrogen) atoms. The summed E-state index contributed by atoms with van der Waals surface area (Å²) in [6.45, 7) is 3.55. The topological polar surface area (TPSA) is 76.4 Å². The lowest BCUT2D eigenvalue weighted by molar-refractivity contribution is 0.0827. The molecule has 0 bridgehead atoms. The van der Waals surface area contributed by atoms with Gasteiger partial charge in [0.15, 0.2) is 0 Å². The predicted molar refractivity (Wildman–Crippen MR) is 74.7 cm³/mol. The van der Waals surface area contributed by atoms with Crippen LogP contribution in [0, 0.1) is 5.92 Å². The zero-order valence-electron chi connectivity index (χ0n) is 11.2. The van der Waals surface area contributed by atoms with E-state index < -0.39 is 0 Å². The molecule has 0 spiro atoms. The van der Waals surface area contributed by atoms with Crippen LogP contribution in [0.2, 0.25) is 0 Å². The van der Waals surface area contributed by atoms with Gasteiger partial charge in [0.1, 0.15) is 0 Å². The van der Waals surface area contributed by atoms with E-state index in [1.807, 2.05) is 12.1 Å². The highest BCUT2D eigenvalue weighted by Crippen LogP contribution is 2.22. The van der Waals surface area contributed by atoms with Crippen molar-refractivity contribution in [3.05, 3.63) is 29.8 Å². The summed E-state index contributed by atoms with van der Waals surface area (Å²) in [6.07, 6.45) is 2.26. The molecular weight excluding hydrogens is 242 g/mol. The Labute approximate surface area is 113 Å². The number of nitrogen functional groups attached to an aromatic ring is 1. The average molecular weight is 263 g/mol. The van der Waals surface area contributed by atoms with Crippen LogP contribution in [0.4, 0.5) is 5.69 Å². The highest BCUT2D eigenvalue weighted by Gasteiger charge is 2.27. The van der Waals surface area contributed by atoms with Gasteiger partial charge >= 0.3 is 0 Å². The molecule has 4 N–H and O–H groups in total. The van der Waals surface area contributed by atoms with Gasteiger partial charge in [0.05, 0.1) is 17.4 Å². The Morgan fingerprint density at radius 1 is 1.47 bits per heavy atom. The van der Waals surface area contributed by atoms with E-state index in [0.717, 1.165) is 19.4 Å². The molecule has 2 unspecified atom stereocenters. The van der Waals surface area contributed by atoms with Crippen LogP contribution in [0.3, 0.4) is 0 Å². The SMILES string of the molecule is CCC1OCCC1CNC(=O)c1ccccc1NN. The van der Waals surface area contributed by atoms with Gasteiger partial charge in [-0.1, -0.05) is 19.1 Å². The second-order valence-electron chi connectivity index (χ2n) is 4.77. The fourth-order valence-corrected chi connectivity index (χ4v) is 2.50. The molecule has 2 atom stereocenters. The molecule has 104 valence electrons. The average Bonchev–Trinajstić information content (AvgIpc) is 2.92. The third kappa shape index (κ3) is 3.24. The summed E-state index contributed by atoms with van der Waals surface area (Å²) in [5.74, 6) is 5.71. The largest absolute Gasteiger partial charge is 0.378 e. The van der Waals surface area contributed by atoms with Gasteiger partial charge in [-0.05, 0) is 25.0 Å². The van der Waals surface area contributed by atoms with E-state index in [4.69, 9.17) is 10.6 Å². The van der Waals surface area contributed by atoms with Crippen molar-refractivity contribution in [1.29, 1.82) is 0 Å². The van der Waals surface area contributed by atoms with Gasteiger partial charge < -0.3 is 15.5 Å². The van der Waals surface area contributed by atoms with Gasteiger partial charge in [-0.3, -0.25) is 10.6 Å². The molecule has 5 heteroatoms. The molecule has 0 aliphatic carbocycles. The standard InChI is InChI=1S/C14H21N3O2/c1-2-13-10(7-8-19-13)9-16-14(18)11-5-3-4-6-12(11)17-15/h3-6,10,13,17H,2,7-9,15H2,1H3,(H,16,18). The summed E-state index contributed by atoms with van der Waals surface area (Å²) in [5.41, 5.74) is 3.74. The van der Waals surface area contributed by atoms with Gasteiger partial charge in [-0.25, -0.2) is 0 Å². The number of benzene rings is 1. The van der Waals surface area contributed by atoms with Crippen molar-refractivity contribution in [2.75, 3.05) is 18.6 Å². The molecule has 5 nitrogen and oxygen atoms in total. The maximum atomic E-state index is 12.1. The Bertz CT molecular complexity index is 436. The molecule has 1 saturated heterocycles. The van der Waals surface area contributed by atoms with Crippen molar-refractivity contribution in [1.82, 2.24) is 5.32 Å². The van der Waals surface area contributed by atoms with Crippen LogP contribution >= 0.6 is 0 Å². The summed E-state index contributed by atoms with van der Waals surface area (Å²) < 4.78 is 5.61. The monoisotopic (exact) mass is 263 g/mol. The number of anilines is 1. The van der Waals surface area contributed by atoms with Crippen molar-refractivity contribution in [3.8, 4) is 0 Å². The Hall–Kier alpha value is -1.59. The minimum Gasteiger partial charge on any atom is -0.378 e. The first-order valence-electron chi connectivity index (χ1n) is 6.71. The Kier molecular flexibility index (Phi) is 4.76. The summed E-state index contributed by atoms with van der Waals surface area (Å²) in [7, 11) is 0. The van der Waals surface area contributed by atoms with E-state index >= 15 is 0 Å². The van der Waals surface area contributed by atoms with E-state index in [-0.39, 0.29) is 12.0 Å². The van der Waals surface area contributed by atoms with Gasteiger partial charge in [-0.2, -0.15) is 0 Å². The van der Waals surface area contributed by atoms with Crippen molar-refractivity contribution in [3.63, 3.8) is 0 Å². The number of nitrogens with one attached hydrogen (secondary N) is 2. The summed E-state index contributed by atoms with van der Waals surface area (Å²) in [4.78, 5) is 12.1. The quantitative estimate of drug-likeness (QED) is 0.556. The van der Waals surface area contributed by atoms with Crippen LogP contribution in [0.15, 0.2) is 24.3 Å². The van der Waals surface area contributed by atoms with Crippen LogP contribution in [-0.4, -0.2) is 25.2 Å². The van der Waals surface area contributed by atoms with E-state index in [0.29, 0.717) is 23.7 Å². The van der Waals surface area contributed by atoms with E-state index in [2.05, 4.69) is 17.7 Å². The maximum Gasteiger partial charge on any atom is 0.253 e. The number of hydrogen-bond acceptors (Lipinski definition) is 4. The smallest absolute Gasteiger partial charge is 0.253 e. The van der Waals surface area contributed by atoms with Crippen LogP contribution in [0.1, 0.15) is 30.1 Å². The highest BCUT2D eigenvalue weighted by atomic mass is 16.5. The fraction of sp³-hybridized carbons (Fsp3) is 0.500. The lowest BCUT2D eigenvalue weighted by Crippen LogP contribution is -2.33. The summed E-state index contributed by atoms with van der Waals surface area (Å²) >= 11 is 0. The van der Waals surface area contributed by atoms with Gasteiger partial charge in [0.2, 0.25) is 0 Å². The normalized spacial score (nSPS) is 22.2. The molecule has 0 radical (unpaired) electrons. The van der Waals surface area contributed by atoms with Crippen molar-refractivity contribution in [2.24, 2.45) is 11.8 Å². The molecule has 1 aromatic carbocycles. The third-order valence-electron chi connectivity index (χ3n) is 3.60. The van der Waals surface area contributed by atoms with Crippen molar-refractivity contribution >= 4 is 11.6 Å². The molecule has 1 aliphatic heterocycles. The molecule has 1 aliphatic rings. The molecule has 0 saturated carbocycles. The van der Waals surface area contributed by atoms with Gasteiger partial charge in [0, 0.05) is 19.1 Å². The second kappa shape index (κ2) is 6.54. The number of hydrazine groups is 1. The van der Waals surface area contributed by atoms with Crippen LogP contribution < -0.4 is 16.6 Å². The van der Waals surface area contributed by atoms with Crippen LogP contribution in [0.5, 0.6) is 0 Å². The molecule has 1 fully saturated rings. The van der Waals surface area contributed by atoms with Gasteiger partial charge in [-0.15, -0.1) is 0 Å². The Morgan fingerprint density at radius 3 is 3.00 bits per heavy atom. The molecular formula is C14H21N3O2. The maximum absolute atomic E-state index is 12.1. The number of carbonyl (C=O) groups excluding carboxylic acids is 1. The van der Waals surface area contributed by atoms with Crippen LogP contribution in [-0.2, 0) is 4.74 Å². The number of para-hydroxylation sites is 1. The van der Waals surface area contributed by atoms with Gasteiger partial charge in [0.25, 0.3) is 5.91 Å². The number of ether oxygens (including phenoxy) is 1. The number of rotatable bonds is 5. The zero-order valence-corrected chi connectivity index (χ0v) is 11.2. The Balaban J connectivity index is 1.94. The molecule has 1 amide bonds. The summed E-state index contributed by atoms with van der Waals surface area (Å²) in [5, 5.41) is 2.97. The first-order valence-corrected chi connectivity index (χ1v) is 6.71. The third-order valence-corrected chi connectivity index (χ3v) is 3.60. The van der Waals surface area contributed by atoms with Crippen molar-refractivity contribution in [2.45, 2.75) is 25.9 Å². The minimum atomic E-state index is -0.102. The lowest BCUT2D eigenvalue weighted by Gasteiger charge is -2.17. The first kappa shape index (κ1) is 13.8. The Morgan fingerprint density at radius 2 is 2.26 bits per heavy atom. The van der Waals surface area contributed by atoms with Crippen molar-refractivity contribution < 1.29 is 9.53 Å². The predicted octanol–water partition coefficient (Wildman–Crippen LogP) is 1.52. The number of hydrogen-bond donors (Lipinski definition) is 3. The first-order chi connectivity index (χ1) is 9.26. The molecule has 2 rings (SSSR count). The molecule has 0 aromatic heterocycles. The zero-order chi connectivity index (χ0) is 13.7. The highest BCUT2D eigenvalue weighted by molar-refractivity contribution is 5.99. The van der Waals surface area contributed by atoms with Crippen LogP contribution in [0.25, 0.3) is 0 Å². The summed E-state index contributed by atoms with van der Waals surface area (Å²) in [6, 6.07) is 7.20. The van der Waals surface area contributed by atoms with E-state index in [1.165, 1.54) is 0 Å². The van der Waals surface area contributed by atoms with E-state index in [9.17, 15) is 4.79 Å². The molecule has 1 aromatic rings. The number of nitrogens with two attached hydrogens (primary N) is 1. The fourth-order valence-electron chi connectivity index (χ4n) is 2.50. The second-order valence-corrected chi connectivity index (χ2v) is 4.77.